The summed E-state index contributed by atoms with van der Waals surface area (Å²) in [6, 6.07) is 0. The van der Waals surface area contributed by atoms with Crippen LogP contribution in [0.25, 0.3) is 0 Å². The van der Waals surface area contributed by atoms with Crippen LogP contribution >= 0.6 is 0 Å². The molecule has 0 N–H and O–H groups in total. The second kappa shape index (κ2) is 4.98. The molecule has 0 amide bonds. The van der Waals surface area contributed by atoms with Crippen molar-refractivity contribution in [2.75, 3.05) is 0 Å². The summed E-state index contributed by atoms with van der Waals surface area (Å²) in [5.74, 6) is 0.583. The van der Waals surface area contributed by atoms with Gasteiger partial charge in [0, 0.05) is 12.8 Å². The highest BCUT2D eigenvalue weighted by molar-refractivity contribution is 5.79. The SMILES string of the molecule is O=C1CCC2(CCCCC2)CC2(CCCCC2)C1. The average Bonchev–Trinajstić information content (AvgIpc) is 2.49. The Kier molecular flexibility index (Phi) is 3.51. The molecule has 1 heteroatoms. The maximum atomic E-state index is 12.2. The van der Waals surface area contributed by atoms with E-state index in [9.17, 15) is 4.79 Å². The largest absolute Gasteiger partial charge is 0.300 e. The van der Waals surface area contributed by atoms with Gasteiger partial charge in [0.05, 0.1) is 0 Å². The first kappa shape index (κ1) is 12.7. The fourth-order valence-corrected chi connectivity index (χ4v) is 5.24. The Morgan fingerprint density at radius 2 is 1.22 bits per heavy atom. The van der Waals surface area contributed by atoms with Gasteiger partial charge in [-0.25, -0.2) is 0 Å². The van der Waals surface area contributed by atoms with Crippen LogP contribution < -0.4 is 0 Å². The lowest BCUT2D eigenvalue weighted by Crippen LogP contribution is -2.33. The molecule has 3 fully saturated rings. The number of carbonyl (C=O) groups is 1. The van der Waals surface area contributed by atoms with Crippen LogP contribution in [0.5, 0.6) is 0 Å². The van der Waals surface area contributed by atoms with Gasteiger partial charge in [-0.1, -0.05) is 38.5 Å². The van der Waals surface area contributed by atoms with E-state index in [1.807, 2.05) is 0 Å². The lowest BCUT2D eigenvalue weighted by molar-refractivity contribution is -0.121. The highest BCUT2D eigenvalue weighted by Crippen LogP contribution is 2.56. The molecular formula is C17H28O. The molecule has 0 unspecified atom stereocenters. The molecule has 18 heavy (non-hydrogen) atoms. The van der Waals surface area contributed by atoms with E-state index in [2.05, 4.69) is 0 Å². The molecule has 3 rings (SSSR count). The second-order valence-corrected chi connectivity index (χ2v) is 7.51. The quantitative estimate of drug-likeness (QED) is 0.587. The summed E-state index contributed by atoms with van der Waals surface area (Å²) in [7, 11) is 0. The summed E-state index contributed by atoms with van der Waals surface area (Å²) < 4.78 is 0. The summed E-state index contributed by atoms with van der Waals surface area (Å²) in [5, 5.41) is 0. The fourth-order valence-electron chi connectivity index (χ4n) is 5.24. The number of carbonyl (C=O) groups excluding carboxylic acids is 1. The third-order valence-corrected chi connectivity index (χ3v) is 6.08. The van der Waals surface area contributed by atoms with E-state index < -0.39 is 0 Å². The molecule has 0 aliphatic heterocycles. The summed E-state index contributed by atoms with van der Waals surface area (Å²) in [4.78, 5) is 12.2. The Hall–Kier alpha value is -0.330. The molecule has 3 aliphatic rings. The summed E-state index contributed by atoms with van der Waals surface area (Å²) in [6.45, 7) is 0. The minimum atomic E-state index is 0.434. The Balaban J connectivity index is 1.82. The Morgan fingerprint density at radius 3 is 1.83 bits per heavy atom. The van der Waals surface area contributed by atoms with Gasteiger partial charge in [-0.15, -0.1) is 0 Å². The predicted octanol–water partition coefficient (Wildman–Crippen LogP) is 5.03. The molecule has 0 radical (unpaired) electrons. The van der Waals surface area contributed by atoms with E-state index in [1.54, 1.807) is 0 Å². The third-order valence-electron chi connectivity index (χ3n) is 6.08. The number of hydrogen-bond acceptors (Lipinski definition) is 1. The summed E-state index contributed by atoms with van der Waals surface area (Å²) in [5.41, 5.74) is 1.00. The van der Waals surface area contributed by atoms with Crippen LogP contribution in [-0.2, 0) is 4.79 Å². The zero-order valence-corrected chi connectivity index (χ0v) is 11.8. The molecule has 0 atom stereocenters. The van der Waals surface area contributed by atoms with Gasteiger partial charge in [0.2, 0.25) is 0 Å². The first-order chi connectivity index (χ1) is 8.72. The van der Waals surface area contributed by atoms with Gasteiger partial charge in [-0.2, -0.15) is 0 Å². The molecule has 0 bridgehead atoms. The summed E-state index contributed by atoms with van der Waals surface area (Å²) >= 11 is 0. The topological polar surface area (TPSA) is 17.1 Å². The van der Waals surface area contributed by atoms with Crippen molar-refractivity contribution in [2.24, 2.45) is 10.8 Å². The van der Waals surface area contributed by atoms with Gasteiger partial charge in [0.1, 0.15) is 5.78 Å². The van der Waals surface area contributed by atoms with Gasteiger partial charge < -0.3 is 0 Å². The van der Waals surface area contributed by atoms with Crippen LogP contribution in [0.2, 0.25) is 0 Å². The molecule has 3 aliphatic carbocycles. The molecular weight excluding hydrogens is 220 g/mol. The highest BCUT2D eigenvalue weighted by Gasteiger charge is 2.45. The maximum Gasteiger partial charge on any atom is 0.133 e. The molecule has 0 aromatic rings. The van der Waals surface area contributed by atoms with E-state index in [0.29, 0.717) is 16.6 Å². The predicted molar refractivity (Wildman–Crippen MR) is 74.5 cm³/mol. The van der Waals surface area contributed by atoms with Crippen LogP contribution in [0.4, 0.5) is 0 Å². The lowest BCUT2D eigenvalue weighted by Gasteiger charge is -2.45. The fraction of sp³-hybridized carbons (Fsp3) is 0.941. The Morgan fingerprint density at radius 1 is 0.667 bits per heavy atom. The molecule has 3 saturated carbocycles. The van der Waals surface area contributed by atoms with Gasteiger partial charge in [0.25, 0.3) is 0 Å². The molecule has 102 valence electrons. The van der Waals surface area contributed by atoms with Gasteiger partial charge in [-0.05, 0) is 49.4 Å². The van der Waals surface area contributed by atoms with Crippen LogP contribution in [0.15, 0.2) is 0 Å². The molecule has 2 spiro atoms. The van der Waals surface area contributed by atoms with E-state index in [-0.39, 0.29) is 0 Å². The van der Waals surface area contributed by atoms with Crippen molar-refractivity contribution in [1.82, 2.24) is 0 Å². The van der Waals surface area contributed by atoms with Gasteiger partial charge in [-0.3, -0.25) is 4.79 Å². The zero-order valence-electron chi connectivity index (χ0n) is 11.8. The second-order valence-electron chi connectivity index (χ2n) is 7.51. The molecule has 0 aromatic carbocycles. The summed E-state index contributed by atoms with van der Waals surface area (Å²) in [6.07, 6.45) is 18.4. The van der Waals surface area contributed by atoms with Crippen molar-refractivity contribution in [2.45, 2.75) is 89.9 Å². The van der Waals surface area contributed by atoms with E-state index in [1.165, 1.54) is 77.0 Å². The zero-order chi connectivity index (χ0) is 12.5. The molecule has 0 aromatic heterocycles. The molecule has 1 nitrogen and oxygen atoms in total. The van der Waals surface area contributed by atoms with E-state index in [4.69, 9.17) is 0 Å². The number of ketones is 1. The number of Topliss-reactive ketones (excluding diaryl/α,β-unsaturated/α-hetero) is 1. The van der Waals surface area contributed by atoms with Crippen molar-refractivity contribution < 1.29 is 4.79 Å². The van der Waals surface area contributed by atoms with Crippen molar-refractivity contribution >= 4 is 5.78 Å². The minimum absolute atomic E-state index is 0.434. The first-order valence-electron chi connectivity index (χ1n) is 8.24. The van der Waals surface area contributed by atoms with E-state index >= 15 is 0 Å². The minimum Gasteiger partial charge on any atom is -0.300 e. The Labute approximate surface area is 112 Å². The van der Waals surface area contributed by atoms with Crippen LogP contribution in [-0.4, -0.2) is 5.78 Å². The van der Waals surface area contributed by atoms with E-state index in [0.717, 1.165) is 12.8 Å². The van der Waals surface area contributed by atoms with Crippen molar-refractivity contribution in [3.05, 3.63) is 0 Å². The van der Waals surface area contributed by atoms with Crippen LogP contribution in [0.1, 0.15) is 89.9 Å². The van der Waals surface area contributed by atoms with Crippen molar-refractivity contribution in [3.8, 4) is 0 Å². The average molecular weight is 248 g/mol. The molecule has 0 heterocycles. The maximum absolute atomic E-state index is 12.2. The van der Waals surface area contributed by atoms with Crippen LogP contribution in [0.3, 0.4) is 0 Å². The smallest absolute Gasteiger partial charge is 0.133 e. The molecule has 0 saturated heterocycles. The van der Waals surface area contributed by atoms with Crippen LogP contribution in [0, 0.1) is 10.8 Å². The van der Waals surface area contributed by atoms with Crippen molar-refractivity contribution in [3.63, 3.8) is 0 Å². The monoisotopic (exact) mass is 248 g/mol. The Bertz CT molecular complexity index is 306. The lowest BCUT2D eigenvalue weighted by atomic mass is 9.60. The normalized spacial score (nSPS) is 31.4. The number of hydrogen-bond donors (Lipinski definition) is 0. The number of rotatable bonds is 0. The standard InChI is InChI=1S/C17H28O/c18-15-7-12-16(8-3-1-4-9-16)14-17(13-15)10-5-2-6-11-17/h1-14H2. The van der Waals surface area contributed by atoms with Gasteiger partial charge >= 0.3 is 0 Å². The third kappa shape index (κ3) is 2.51. The van der Waals surface area contributed by atoms with Gasteiger partial charge in [0.15, 0.2) is 0 Å². The highest BCUT2D eigenvalue weighted by atomic mass is 16.1. The van der Waals surface area contributed by atoms with Crippen molar-refractivity contribution in [1.29, 1.82) is 0 Å². The first-order valence-corrected chi connectivity index (χ1v) is 8.24.